The lowest BCUT2D eigenvalue weighted by atomic mass is 9.97. The molecule has 0 spiro atoms. The van der Waals surface area contributed by atoms with Crippen LogP contribution in [0.5, 0.6) is 17.2 Å². The van der Waals surface area contributed by atoms with Crippen molar-refractivity contribution in [2.75, 3.05) is 140 Å². The lowest BCUT2D eigenvalue weighted by Gasteiger charge is -2.46. The second kappa shape index (κ2) is 48.8. The molecule has 6 fully saturated rings. The number of hydrogen-bond donors (Lipinski definition) is 33. The van der Waals surface area contributed by atoms with Crippen molar-refractivity contribution >= 4 is 0 Å². The summed E-state index contributed by atoms with van der Waals surface area (Å²) in [5, 5.41) is 347. The van der Waals surface area contributed by atoms with E-state index in [0.29, 0.717) is 0 Å². The molecule has 51 heteroatoms. The molecule has 0 unspecified atom stereocenters. The van der Waals surface area contributed by atoms with Crippen LogP contribution in [0.1, 0.15) is 0 Å². The topological polar surface area (TPSA) is 816 Å². The van der Waals surface area contributed by atoms with E-state index in [4.69, 9.17) is 71.1 Å². The molecule has 0 aromatic heterocycles. The number of rotatable bonds is 48. The third-order valence-corrected chi connectivity index (χ3v) is 21.2. The summed E-state index contributed by atoms with van der Waals surface area (Å²) in [6.45, 7) is -9.71. The fourth-order valence-electron chi connectivity index (χ4n) is 13.6. The Morgan fingerprint density at radius 2 is 0.467 bits per heavy atom. The molecule has 33 N–H and O–H groups in total. The fraction of sp³-hybridized carbons (Fsp3) is 0.913. The molecule has 42 atom stereocenters. The maximum Gasteiger partial charge on any atom is 0.187 e. The van der Waals surface area contributed by atoms with E-state index < -0.39 is 317 Å². The summed E-state index contributed by atoms with van der Waals surface area (Å²) in [6, 6.07) is 4.28. The van der Waals surface area contributed by atoms with Crippen LogP contribution in [0.4, 0.5) is 0 Å². The molecule has 6 aliphatic rings. The molecule has 702 valence electrons. The van der Waals surface area contributed by atoms with Gasteiger partial charge in [0.2, 0.25) is 0 Å². The van der Waals surface area contributed by atoms with Crippen LogP contribution in [0.25, 0.3) is 0 Å². The number of likely N-dealkylation sites (N-methyl/N-ethyl adjacent to an activating group) is 3. The largest absolute Gasteiger partial charge is 0.492 e. The molecule has 1 aromatic carbocycles. The van der Waals surface area contributed by atoms with Crippen LogP contribution in [0.15, 0.2) is 18.2 Å². The van der Waals surface area contributed by atoms with Crippen LogP contribution < -0.4 is 14.2 Å². The Kier molecular flexibility index (Phi) is 42.2. The first-order valence-electron chi connectivity index (χ1n) is 38.5. The van der Waals surface area contributed by atoms with Gasteiger partial charge in [-0.2, -0.15) is 0 Å². The maximum absolute atomic E-state index is 11.0. The minimum atomic E-state index is -2.14. The van der Waals surface area contributed by atoms with Crippen molar-refractivity contribution in [1.29, 1.82) is 0 Å². The van der Waals surface area contributed by atoms with Gasteiger partial charge in [0.05, 0.1) is 77.8 Å². The van der Waals surface area contributed by atoms with Crippen LogP contribution in [-0.4, -0.2) is 580 Å². The third-order valence-electron chi connectivity index (χ3n) is 21.2. The number of ether oxygens (including phenoxy) is 15. The Hall–Kier alpha value is -3.30. The Bertz CT molecular complexity index is 2710. The van der Waals surface area contributed by atoms with E-state index >= 15 is 0 Å². The quantitative estimate of drug-likeness (QED) is 0.0288. The zero-order valence-electron chi connectivity index (χ0n) is 65.4. The van der Waals surface area contributed by atoms with Gasteiger partial charge < -0.3 is 254 Å². The molecule has 0 amide bonds. The molecule has 0 saturated carbocycles. The first-order valence-corrected chi connectivity index (χ1v) is 38.5. The van der Waals surface area contributed by atoms with E-state index in [9.17, 15) is 169 Å². The van der Waals surface area contributed by atoms with Crippen molar-refractivity contribution in [3.8, 4) is 17.2 Å². The van der Waals surface area contributed by atoms with Crippen LogP contribution in [0, 0.1) is 0 Å². The highest BCUT2D eigenvalue weighted by molar-refractivity contribution is 5.42. The van der Waals surface area contributed by atoms with Gasteiger partial charge in [0.1, 0.15) is 239 Å². The molecule has 0 aliphatic carbocycles. The van der Waals surface area contributed by atoms with E-state index in [1.807, 2.05) is 0 Å². The Balaban J connectivity index is 0.905. The van der Waals surface area contributed by atoms with Gasteiger partial charge in [0, 0.05) is 57.5 Å². The lowest BCUT2D eigenvalue weighted by molar-refractivity contribution is -0.360. The molecule has 6 saturated heterocycles. The molecular formula is C69H123N3O48. The summed E-state index contributed by atoms with van der Waals surface area (Å²) >= 11 is 0. The number of aliphatic hydroxyl groups excluding tert-OH is 33. The molecule has 7 rings (SSSR count). The Morgan fingerprint density at radius 1 is 0.267 bits per heavy atom. The maximum atomic E-state index is 11.0. The van der Waals surface area contributed by atoms with Crippen LogP contribution in [0.3, 0.4) is 0 Å². The lowest BCUT2D eigenvalue weighted by Crippen LogP contribution is -2.64. The summed E-state index contributed by atoms with van der Waals surface area (Å²) in [4.78, 5) is 4.35. The van der Waals surface area contributed by atoms with E-state index in [2.05, 4.69) is 0 Å². The van der Waals surface area contributed by atoms with Gasteiger partial charge in [-0.05, 0) is 21.1 Å². The van der Waals surface area contributed by atoms with E-state index in [1.165, 1.54) is 54.0 Å². The van der Waals surface area contributed by atoms with Gasteiger partial charge in [-0.25, -0.2) is 0 Å². The highest BCUT2D eigenvalue weighted by Gasteiger charge is 2.56. The predicted molar refractivity (Wildman–Crippen MR) is 385 cm³/mol. The van der Waals surface area contributed by atoms with Crippen molar-refractivity contribution in [2.24, 2.45) is 0 Å². The van der Waals surface area contributed by atoms with Crippen molar-refractivity contribution in [3.05, 3.63) is 18.2 Å². The summed E-state index contributed by atoms with van der Waals surface area (Å²) < 4.78 is 83.2. The van der Waals surface area contributed by atoms with Gasteiger partial charge in [-0.1, -0.05) is 0 Å². The molecule has 51 nitrogen and oxygen atoms in total. The summed E-state index contributed by atoms with van der Waals surface area (Å²) in [6.07, 6.45) is -77.8. The first kappa shape index (κ1) is 104. The normalized spacial score (nSPS) is 38.4. The molecule has 120 heavy (non-hydrogen) atoms. The second-order valence-electron chi connectivity index (χ2n) is 30.3. The Morgan fingerprint density at radius 3 is 0.683 bits per heavy atom. The van der Waals surface area contributed by atoms with Gasteiger partial charge in [-0.3, -0.25) is 0 Å². The van der Waals surface area contributed by atoms with Crippen LogP contribution >= 0.6 is 0 Å². The van der Waals surface area contributed by atoms with Crippen LogP contribution in [-0.2, 0) is 56.8 Å². The third kappa shape index (κ3) is 27.1. The van der Waals surface area contributed by atoms with E-state index in [0.717, 1.165) is 0 Å². The summed E-state index contributed by atoms with van der Waals surface area (Å²) in [5.74, 6) is 0.296. The zero-order valence-corrected chi connectivity index (χ0v) is 65.4. The molecule has 0 radical (unpaired) electrons. The monoisotopic (exact) mass is 1760 g/mol. The molecular weight excluding hydrogens is 1640 g/mol. The molecule has 6 heterocycles. The highest BCUT2D eigenvalue weighted by atomic mass is 16.8. The average Bonchev–Trinajstić information content (AvgIpc) is 0.793. The second-order valence-corrected chi connectivity index (χ2v) is 30.3. The zero-order chi connectivity index (χ0) is 89.2. The van der Waals surface area contributed by atoms with Crippen LogP contribution in [0.2, 0.25) is 0 Å². The number of hydrogen-bond acceptors (Lipinski definition) is 51. The van der Waals surface area contributed by atoms with Gasteiger partial charge in [0.15, 0.2) is 37.7 Å². The predicted octanol–water partition coefficient (Wildman–Crippen LogP) is -21.1. The highest BCUT2D eigenvalue weighted by Crippen LogP contribution is 2.35. The van der Waals surface area contributed by atoms with Gasteiger partial charge in [0.25, 0.3) is 0 Å². The SMILES string of the molecule is CN(CCOc1cc(OCCN(C)C[C@H](O)[C@@H](O)[C@@H](O)[C@H](O)CO[C@@H]2O[C@H](CO)[C@@H](O[C@@H]3O[C@H](CO)[C@H](O)[C@H](O)[C@H]3O)[C@H](O)[C@H]2O)cc(OCCN(C)C[C@H](O)[C@@H](O)[C@@H](O)[C@H](O)CO[C@@H]2O[C@H](CO)[C@@H](O[C@@H]3O[C@H](CO)[C@H](O)[C@H](O)[C@H]3O)[C@H](O)[C@H]2O)c1)C[C@H](O)[C@@H](O)[C@@H](O)[C@H](O)CO[C@@H]1O[C@H](CO)[C@@H](O[C@@H]2O[C@H](CO)[C@H](O)[C@H](O)[C@H]2O)[C@H](O)[C@H]1O. The van der Waals surface area contributed by atoms with Crippen molar-refractivity contribution in [3.63, 3.8) is 0 Å². The van der Waals surface area contributed by atoms with Gasteiger partial charge in [-0.15, -0.1) is 0 Å². The smallest absolute Gasteiger partial charge is 0.187 e. The van der Waals surface area contributed by atoms with E-state index in [1.54, 1.807) is 0 Å². The van der Waals surface area contributed by atoms with Crippen molar-refractivity contribution < 1.29 is 240 Å². The van der Waals surface area contributed by atoms with Gasteiger partial charge >= 0.3 is 0 Å². The summed E-state index contributed by atoms with van der Waals surface area (Å²) in [7, 11) is 4.45. The Labute approximate surface area is 685 Å². The standard InChI is InChI=1S/C69H123N3O48/c1-70(13-28(79)40(85)43(88)31(82)22-109-64-58(103)52(97)61(37(19-76)115-64)118-67-55(100)49(94)46(91)34(16-73)112-67)4-7-106-25-10-26(107-8-5-71(2)14-29(80)41(86)44(89)32(83)23-110-65-59(104)53(98)62(38(20-77)116-65)119-68-56(101)50(95)47(92)35(17-74)113-68)12-27(11-25)108-9-6-72(3)15-30(81)42(87)45(90)33(84)24-111-66-60(105)54(99)63(39(21-78)117-66)120-69-57(102)51(96)48(93)36(18-75)114-69/h10-12,28-69,73-105H,4-9,13-24H2,1-3H3/t28-,29-,30-,31+,32+,33+,34+,35+,36+,37+,38+,39+,40+,41+,42+,43-,44-,45-,46-,47-,48-,49-,50-,51-,52+,53+,54+,55+,56+,57+,58+,59+,60+,61+,62+,63+,64+,65+,66+,67-,68-,69-/m0/s1. The van der Waals surface area contributed by atoms with Crippen molar-refractivity contribution in [1.82, 2.24) is 14.7 Å². The number of benzene rings is 1. The number of aliphatic hydroxyl groups is 33. The number of nitrogens with zero attached hydrogens (tertiary/aromatic N) is 3. The van der Waals surface area contributed by atoms with Crippen molar-refractivity contribution in [2.45, 2.75) is 257 Å². The first-order chi connectivity index (χ1) is 56.7. The molecule has 6 aliphatic heterocycles. The minimum Gasteiger partial charge on any atom is -0.492 e. The summed E-state index contributed by atoms with van der Waals surface area (Å²) in [5.41, 5.74) is 0. The average molecular weight is 1760 g/mol. The molecule has 0 bridgehead atoms. The fourth-order valence-corrected chi connectivity index (χ4v) is 13.6. The minimum absolute atomic E-state index is 0.0134. The molecule has 1 aromatic rings. The van der Waals surface area contributed by atoms with E-state index in [-0.39, 0.29) is 76.3 Å².